The average Bonchev–Trinajstić information content (AvgIpc) is 3.45. The maximum absolute atomic E-state index is 13.0. The second-order valence-corrected chi connectivity index (χ2v) is 7.87. The molecule has 3 amide bonds. The molecule has 2 aliphatic heterocycles. The van der Waals surface area contributed by atoms with E-state index >= 15 is 0 Å². The lowest BCUT2D eigenvalue weighted by Gasteiger charge is -2.20. The number of ether oxygens (including phenoxy) is 1. The van der Waals surface area contributed by atoms with E-state index in [1.54, 1.807) is 24.3 Å². The highest BCUT2D eigenvalue weighted by atomic mass is 16.5. The van der Waals surface area contributed by atoms with Crippen LogP contribution in [0.15, 0.2) is 36.4 Å². The van der Waals surface area contributed by atoms with Gasteiger partial charge in [-0.05, 0) is 43.2 Å². The normalized spacial score (nSPS) is 33.8. The first-order chi connectivity index (χ1) is 13.1. The van der Waals surface area contributed by atoms with Crippen molar-refractivity contribution in [3.8, 4) is 0 Å². The van der Waals surface area contributed by atoms with Crippen molar-refractivity contribution >= 4 is 23.4 Å². The summed E-state index contributed by atoms with van der Waals surface area (Å²) < 4.78 is 5.54. The molecule has 5 rings (SSSR count). The third-order valence-electron chi connectivity index (χ3n) is 6.37. The van der Waals surface area contributed by atoms with Crippen molar-refractivity contribution < 1.29 is 19.1 Å². The summed E-state index contributed by atoms with van der Waals surface area (Å²) in [6.07, 6.45) is 7.01. The van der Waals surface area contributed by atoms with Crippen LogP contribution in [0.5, 0.6) is 0 Å². The Labute approximate surface area is 157 Å². The van der Waals surface area contributed by atoms with Crippen LogP contribution >= 0.6 is 0 Å². The van der Waals surface area contributed by atoms with Crippen LogP contribution in [0, 0.1) is 23.7 Å². The van der Waals surface area contributed by atoms with Crippen molar-refractivity contribution in [3.05, 3.63) is 42.0 Å². The van der Waals surface area contributed by atoms with Gasteiger partial charge in [0.25, 0.3) is 5.91 Å². The standard InChI is InChI=1S/C21H22N2O4/c24-19(22-11-14-4-3-9-27-14)15-5-1-2-6-16(15)23-20(25)17-12-7-8-13(10-12)18(17)21(23)26/h1-2,5-8,12-14,17-18H,3-4,9-11H2,(H,22,24)/t12-,13-,14-,17-,18-/m0/s1. The lowest BCUT2D eigenvalue weighted by atomic mass is 9.85. The van der Waals surface area contributed by atoms with Crippen molar-refractivity contribution in [1.29, 1.82) is 0 Å². The first-order valence-electron chi connectivity index (χ1n) is 9.70. The van der Waals surface area contributed by atoms with Gasteiger partial charge in [-0.25, -0.2) is 4.90 Å². The minimum absolute atomic E-state index is 0.0391. The number of carbonyl (C=O) groups is 3. The number of imide groups is 1. The van der Waals surface area contributed by atoms with Crippen LogP contribution in [0.3, 0.4) is 0 Å². The molecule has 2 saturated heterocycles. The zero-order valence-corrected chi connectivity index (χ0v) is 15.0. The number of amides is 3. The van der Waals surface area contributed by atoms with E-state index in [0.29, 0.717) is 17.8 Å². The number of allylic oxidation sites excluding steroid dienone is 2. The van der Waals surface area contributed by atoms with Crippen molar-refractivity contribution in [1.82, 2.24) is 5.32 Å². The summed E-state index contributed by atoms with van der Waals surface area (Å²) in [6, 6.07) is 6.87. The molecular weight excluding hydrogens is 344 g/mol. The Morgan fingerprint density at radius 3 is 2.48 bits per heavy atom. The fourth-order valence-corrected chi connectivity index (χ4v) is 5.11. The van der Waals surface area contributed by atoms with E-state index in [0.717, 1.165) is 25.9 Å². The molecule has 1 saturated carbocycles. The molecule has 6 heteroatoms. The van der Waals surface area contributed by atoms with Crippen molar-refractivity contribution in [3.63, 3.8) is 0 Å². The van der Waals surface area contributed by atoms with E-state index in [4.69, 9.17) is 4.74 Å². The molecule has 0 unspecified atom stereocenters. The van der Waals surface area contributed by atoms with E-state index in [-0.39, 0.29) is 47.5 Å². The van der Waals surface area contributed by atoms with Gasteiger partial charge in [-0.1, -0.05) is 24.3 Å². The Hall–Kier alpha value is -2.47. The number of anilines is 1. The number of nitrogens with one attached hydrogen (secondary N) is 1. The molecule has 1 aromatic carbocycles. The van der Waals surface area contributed by atoms with Crippen molar-refractivity contribution in [2.75, 3.05) is 18.1 Å². The maximum Gasteiger partial charge on any atom is 0.253 e. The second kappa shape index (κ2) is 6.30. The molecule has 140 valence electrons. The number of nitrogens with zero attached hydrogens (tertiary/aromatic N) is 1. The molecule has 5 atom stereocenters. The van der Waals surface area contributed by atoms with Gasteiger partial charge in [0.05, 0.1) is 29.2 Å². The summed E-state index contributed by atoms with van der Waals surface area (Å²) in [5.41, 5.74) is 0.753. The molecule has 2 bridgehead atoms. The quantitative estimate of drug-likeness (QED) is 0.652. The van der Waals surface area contributed by atoms with E-state index in [2.05, 4.69) is 17.5 Å². The lowest BCUT2D eigenvalue weighted by Crippen LogP contribution is -2.36. The summed E-state index contributed by atoms with van der Waals surface area (Å²) in [6.45, 7) is 1.17. The summed E-state index contributed by atoms with van der Waals surface area (Å²) in [7, 11) is 0. The third kappa shape index (κ3) is 2.54. The molecule has 1 N–H and O–H groups in total. The van der Waals surface area contributed by atoms with Gasteiger partial charge in [0, 0.05) is 13.2 Å². The molecular formula is C21H22N2O4. The van der Waals surface area contributed by atoms with Crippen LogP contribution < -0.4 is 10.2 Å². The van der Waals surface area contributed by atoms with E-state index in [1.807, 2.05) is 0 Å². The van der Waals surface area contributed by atoms with Gasteiger partial charge >= 0.3 is 0 Å². The molecule has 6 nitrogen and oxygen atoms in total. The van der Waals surface area contributed by atoms with Crippen LogP contribution in [-0.4, -0.2) is 37.0 Å². The molecule has 3 fully saturated rings. The molecule has 4 aliphatic rings. The maximum atomic E-state index is 13.0. The van der Waals surface area contributed by atoms with Crippen LogP contribution in [0.4, 0.5) is 5.69 Å². The Morgan fingerprint density at radius 2 is 1.81 bits per heavy atom. The Morgan fingerprint density at radius 1 is 1.11 bits per heavy atom. The monoisotopic (exact) mass is 366 g/mol. The first-order valence-corrected chi connectivity index (χ1v) is 9.70. The molecule has 2 aliphatic carbocycles. The first kappa shape index (κ1) is 16.7. The van der Waals surface area contributed by atoms with Crippen molar-refractivity contribution in [2.45, 2.75) is 25.4 Å². The fourth-order valence-electron chi connectivity index (χ4n) is 5.11. The van der Waals surface area contributed by atoms with Gasteiger partial charge in [0.2, 0.25) is 11.8 Å². The van der Waals surface area contributed by atoms with Crippen LogP contribution in [0.25, 0.3) is 0 Å². The SMILES string of the molecule is O=C(NC[C@@H]1CCCO1)c1ccccc1N1C(=O)[C@@H]2[C@@H](C1=O)[C@H]1C=C[C@H]2C1. The number of hydrogen-bond donors (Lipinski definition) is 1. The highest BCUT2D eigenvalue weighted by Crippen LogP contribution is 2.53. The lowest BCUT2D eigenvalue weighted by molar-refractivity contribution is -0.123. The van der Waals surface area contributed by atoms with E-state index in [1.165, 1.54) is 4.90 Å². The van der Waals surface area contributed by atoms with Crippen LogP contribution in [0.2, 0.25) is 0 Å². The number of para-hydroxylation sites is 1. The van der Waals surface area contributed by atoms with E-state index < -0.39 is 0 Å². The number of hydrogen-bond acceptors (Lipinski definition) is 4. The largest absolute Gasteiger partial charge is 0.376 e. The highest BCUT2D eigenvalue weighted by Gasteiger charge is 2.59. The number of benzene rings is 1. The van der Waals surface area contributed by atoms with Gasteiger partial charge in [-0.2, -0.15) is 0 Å². The molecule has 27 heavy (non-hydrogen) atoms. The minimum atomic E-state index is -0.278. The average molecular weight is 366 g/mol. The smallest absolute Gasteiger partial charge is 0.253 e. The summed E-state index contributed by atoms with van der Waals surface area (Å²) in [5, 5.41) is 2.89. The number of fused-ring (bicyclic) bond motifs is 5. The fraction of sp³-hybridized carbons (Fsp3) is 0.476. The zero-order valence-electron chi connectivity index (χ0n) is 15.0. The van der Waals surface area contributed by atoms with Gasteiger partial charge in [-0.3, -0.25) is 14.4 Å². The Kier molecular flexibility index (Phi) is 3.90. The molecule has 1 aromatic rings. The van der Waals surface area contributed by atoms with Gasteiger partial charge < -0.3 is 10.1 Å². The summed E-state index contributed by atoms with van der Waals surface area (Å²) in [4.78, 5) is 40.1. The molecule has 0 radical (unpaired) electrons. The molecule has 2 heterocycles. The van der Waals surface area contributed by atoms with Crippen molar-refractivity contribution in [2.24, 2.45) is 23.7 Å². The highest BCUT2D eigenvalue weighted by molar-refractivity contribution is 6.24. The third-order valence-corrected chi connectivity index (χ3v) is 6.37. The van der Waals surface area contributed by atoms with Crippen LogP contribution in [-0.2, 0) is 14.3 Å². The predicted octanol–water partition coefficient (Wildman–Crippen LogP) is 1.91. The predicted molar refractivity (Wildman–Crippen MR) is 98.0 cm³/mol. The topological polar surface area (TPSA) is 75.7 Å². The molecule has 0 aromatic heterocycles. The molecule has 0 spiro atoms. The van der Waals surface area contributed by atoms with E-state index in [9.17, 15) is 14.4 Å². The zero-order chi connectivity index (χ0) is 18.5. The summed E-state index contributed by atoms with van der Waals surface area (Å²) >= 11 is 0. The Bertz CT molecular complexity index is 812. The second-order valence-electron chi connectivity index (χ2n) is 7.87. The van der Waals surface area contributed by atoms with Gasteiger partial charge in [-0.15, -0.1) is 0 Å². The van der Waals surface area contributed by atoms with Gasteiger partial charge in [0.1, 0.15) is 0 Å². The Balaban J connectivity index is 1.40. The number of carbonyl (C=O) groups excluding carboxylic acids is 3. The minimum Gasteiger partial charge on any atom is -0.376 e. The van der Waals surface area contributed by atoms with Crippen LogP contribution in [0.1, 0.15) is 29.6 Å². The summed E-state index contributed by atoms with van der Waals surface area (Å²) in [5.74, 6) is -0.836. The van der Waals surface area contributed by atoms with Gasteiger partial charge in [0.15, 0.2) is 0 Å². The number of rotatable bonds is 4.